The summed E-state index contributed by atoms with van der Waals surface area (Å²) in [7, 11) is 0. The Balaban J connectivity index is 2.18. The third-order valence-electron chi connectivity index (χ3n) is 3.06. The second kappa shape index (κ2) is 4.56. The third kappa shape index (κ3) is 2.36. The van der Waals surface area contributed by atoms with Crippen LogP contribution in [-0.4, -0.2) is 38.5 Å². The zero-order valence-electron chi connectivity index (χ0n) is 11.6. The molecule has 0 bridgehead atoms. The fraction of sp³-hybridized carbons (Fsp3) is 0.357. The third-order valence-corrected chi connectivity index (χ3v) is 3.06. The molecule has 2 heterocycles. The minimum Gasteiger partial charge on any atom is -0.476 e. The van der Waals surface area contributed by atoms with Crippen molar-refractivity contribution >= 4 is 17.0 Å². The standard InChI is InChI=1S/C14H14N2O5/c1-14(2)20-10-5-8-9(6-11(10)21-14)16-12(13(18)19)7(15-8)3-4-17/h5-6,17H,3-4H2,1-2H3,(H,18,19). The second-order valence-corrected chi connectivity index (χ2v) is 5.19. The van der Waals surface area contributed by atoms with E-state index in [0.717, 1.165) is 0 Å². The first-order valence-electron chi connectivity index (χ1n) is 6.46. The normalized spacial score (nSPS) is 15.4. The van der Waals surface area contributed by atoms with Crippen molar-refractivity contribution < 1.29 is 24.5 Å². The molecule has 0 saturated carbocycles. The van der Waals surface area contributed by atoms with Gasteiger partial charge in [0.15, 0.2) is 17.2 Å². The first kappa shape index (κ1) is 13.6. The van der Waals surface area contributed by atoms with Gasteiger partial charge < -0.3 is 19.7 Å². The molecule has 2 aromatic rings. The van der Waals surface area contributed by atoms with Gasteiger partial charge in [0, 0.05) is 39.0 Å². The first-order valence-corrected chi connectivity index (χ1v) is 6.46. The van der Waals surface area contributed by atoms with E-state index in [2.05, 4.69) is 9.97 Å². The van der Waals surface area contributed by atoms with Crippen molar-refractivity contribution in [1.82, 2.24) is 9.97 Å². The molecule has 7 nitrogen and oxygen atoms in total. The van der Waals surface area contributed by atoms with E-state index in [1.54, 1.807) is 26.0 Å². The van der Waals surface area contributed by atoms with E-state index in [9.17, 15) is 9.90 Å². The Morgan fingerprint density at radius 2 is 1.76 bits per heavy atom. The maximum absolute atomic E-state index is 11.2. The van der Waals surface area contributed by atoms with Crippen LogP contribution < -0.4 is 9.47 Å². The van der Waals surface area contributed by atoms with Crippen molar-refractivity contribution in [2.24, 2.45) is 0 Å². The number of hydrogen-bond acceptors (Lipinski definition) is 6. The Labute approximate surface area is 120 Å². The van der Waals surface area contributed by atoms with Gasteiger partial charge in [-0.15, -0.1) is 0 Å². The molecule has 7 heteroatoms. The van der Waals surface area contributed by atoms with Crippen LogP contribution in [0.1, 0.15) is 30.0 Å². The summed E-state index contributed by atoms with van der Waals surface area (Å²) >= 11 is 0. The second-order valence-electron chi connectivity index (χ2n) is 5.19. The molecule has 21 heavy (non-hydrogen) atoms. The lowest BCUT2D eigenvalue weighted by Gasteiger charge is -2.16. The van der Waals surface area contributed by atoms with Gasteiger partial charge in [-0.1, -0.05) is 0 Å². The number of fused-ring (bicyclic) bond motifs is 2. The lowest BCUT2D eigenvalue weighted by molar-refractivity contribution is -0.0431. The highest BCUT2D eigenvalue weighted by Crippen LogP contribution is 2.41. The molecule has 3 rings (SSSR count). The van der Waals surface area contributed by atoms with Gasteiger partial charge in [-0.05, 0) is 0 Å². The summed E-state index contributed by atoms with van der Waals surface area (Å²) in [6, 6.07) is 3.28. The average molecular weight is 290 g/mol. The SMILES string of the molecule is CC1(C)Oc2cc3nc(CCO)c(C(=O)O)nc3cc2O1. The summed E-state index contributed by atoms with van der Waals surface area (Å²) in [4.78, 5) is 19.6. The number of ether oxygens (including phenoxy) is 2. The van der Waals surface area contributed by atoms with Crippen molar-refractivity contribution in [3.05, 3.63) is 23.5 Å². The van der Waals surface area contributed by atoms with Crippen molar-refractivity contribution in [3.63, 3.8) is 0 Å². The quantitative estimate of drug-likeness (QED) is 0.880. The molecule has 1 aromatic heterocycles. The van der Waals surface area contributed by atoms with Crippen LogP contribution in [0.25, 0.3) is 11.0 Å². The minimum absolute atomic E-state index is 0.129. The number of rotatable bonds is 3. The minimum atomic E-state index is -1.18. The Morgan fingerprint density at radius 1 is 1.19 bits per heavy atom. The maximum Gasteiger partial charge on any atom is 0.356 e. The number of aromatic nitrogens is 2. The van der Waals surface area contributed by atoms with Gasteiger partial charge >= 0.3 is 5.97 Å². The molecule has 2 N–H and O–H groups in total. The summed E-state index contributed by atoms with van der Waals surface area (Å²) in [5.41, 5.74) is 1.00. The van der Waals surface area contributed by atoms with Crippen LogP contribution in [0, 0.1) is 0 Å². The number of hydrogen-bond donors (Lipinski definition) is 2. The molecule has 0 amide bonds. The highest BCUT2D eigenvalue weighted by Gasteiger charge is 2.32. The van der Waals surface area contributed by atoms with E-state index in [0.29, 0.717) is 22.5 Å². The van der Waals surface area contributed by atoms with Crippen LogP contribution in [0.15, 0.2) is 12.1 Å². The maximum atomic E-state index is 11.2. The number of carbonyl (C=O) groups is 1. The van der Waals surface area contributed by atoms with Gasteiger partial charge in [-0.3, -0.25) is 0 Å². The lowest BCUT2D eigenvalue weighted by Crippen LogP contribution is -2.29. The van der Waals surface area contributed by atoms with Gasteiger partial charge in [-0.25, -0.2) is 14.8 Å². The van der Waals surface area contributed by atoms with Crippen LogP contribution in [0.4, 0.5) is 0 Å². The zero-order chi connectivity index (χ0) is 15.2. The van der Waals surface area contributed by atoms with E-state index in [-0.39, 0.29) is 24.4 Å². The van der Waals surface area contributed by atoms with E-state index in [1.807, 2.05) is 0 Å². The monoisotopic (exact) mass is 290 g/mol. The molecule has 0 aliphatic carbocycles. The van der Waals surface area contributed by atoms with Crippen molar-refractivity contribution in [1.29, 1.82) is 0 Å². The Kier molecular flexibility index (Phi) is 2.94. The molecule has 0 fully saturated rings. The fourth-order valence-electron chi connectivity index (χ4n) is 2.26. The van der Waals surface area contributed by atoms with Gasteiger partial charge in [-0.2, -0.15) is 0 Å². The smallest absolute Gasteiger partial charge is 0.356 e. The first-order chi connectivity index (χ1) is 9.89. The number of aromatic carboxylic acids is 1. The van der Waals surface area contributed by atoms with E-state index in [4.69, 9.17) is 14.6 Å². The van der Waals surface area contributed by atoms with Crippen LogP contribution in [0.3, 0.4) is 0 Å². The highest BCUT2D eigenvalue weighted by atomic mass is 16.7. The summed E-state index contributed by atoms with van der Waals surface area (Å²) in [5, 5.41) is 18.2. The van der Waals surface area contributed by atoms with E-state index < -0.39 is 11.8 Å². The van der Waals surface area contributed by atoms with E-state index in [1.165, 1.54) is 0 Å². The Bertz CT molecular complexity index is 742. The van der Waals surface area contributed by atoms with E-state index >= 15 is 0 Å². The van der Waals surface area contributed by atoms with Crippen molar-refractivity contribution in [3.8, 4) is 11.5 Å². The molecular weight excluding hydrogens is 276 g/mol. The predicted molar refractivity (Wildman–Crippen MR) is 72.6 cm³/mol. The Morgan fingerprint density at radius 3 is 2.29 bits per heavy atom. The molecule has 1 aliphatic heterocycles. The molecule has 0 atom stereocenters. The molecular formula is C14H14N2O5. The fourth-order valence-corrected chi connectivity index (χ4v) is 2.26. The number of carboxylic acid groups (broad SMARTS) is 1. The van der Waals surface area contributed by atoms with Gasteiger partial charge in [0.1, 0.15) is 0 Å². The van der Waals surface area contributed by atoms with Gasteiger partial charge in [0.25, 0.3) is 0 Å². The molecule has 0 radical (unpaired) electrons. The van der Waals surface area contributed by atoms with Crippen LogP contribution in [-0.2, 0) is 6.42 Å². The van der Waals surface area contributed by atoms with Crippen LogP contribution >= 0.6 is 0 Å². The van der Waals surface area contributed by atoms with Crippen molar-refractivity contribution in [2.75, 3.05) is 6.61 Å². The lowest BCUT2D eigenvalue weighted by atomic mass is 10.2. The number of nitrogens with zero attached hydrogens (tertiary/aromatic N) is 2. The summed E-state index contributed by atoms with van der Waals surface area (Å²) in [5.74, 6) is -0.901. The number of aliphatic hydroxyl groups excluding tert-OH is 1. The molecule has 0 unspecified atom stereocenters. The van der Waals surface area contributed by atoms with Gasteiger partial charge in [0.2, 0.25) is 5.79 Å². The summed E-state index contributed by atoms with van der Waals surface area (Å²) in [6.07, 6.45) is 0.129. The topological polar surface area (TPSA) is 102 Å². The molecule has 1 aliphatic rings. The molecule has 1 aromatic carbocycles. The summed E-state index contributed by atoms with van der Waals surface area (Å²) < 4.78 is 11.2. The highest BCUT2D eigenvalue weighted by molar-refractivity contribution is 5.90. The number of aliphatic hydroxyl groups is 1. The number of carboxylic acids is 1. The molecule has 0 spiro atoms. The zero-order valence-corrected chi connectivity index (χ0v) is 11.6. The van der Waals surface area contributed by atoms with Crippen LogP contribution in [0.5, 0.6) is 11.5 Å². The summed E-state index contributed by atoms with van der Waals surface area (Å²) in [6.45, 7) is 3.36. The predicted octanol–water partition coefficient (Wildman–Crippen LogP) is 1.37. The molecule has 110 valence electrons. The average Bonchev–Trinajstić information content (AvgIpc) is 2.68. The van der Waals surface area contributed by atoms with Crippen molar-refractivity contribution in [2.45, 2.75) is 26.1 Å². The molecule has 0 saturated heterocycles. The number of benzene rings is 1. The van der Waals surface area contributed by atoms with Crippen LogP contribution in [0.2, 0.25) is 0 Å². The Hall–Kier alpha value is -2.41. The largest absolute Gasteiger partial charge is 0.476 e. The van der Waals surface area contributed by atoms with Gasteiger partial charge in [0.05, 0.1) is 16.7 Å².